The summed E-state index contributed by atoms with van der Waals surface area (Å²) in [5, 5.41) is 9.40. The number of carbonyl (C=O) groups is 2. The number of rotatable bonds is 10. The number of nitrogens with one attached hydrogen (secondary N) is 3. The van der Waals surface area contributed by atoms with Gasteiger partial charge in [-0.25, -0.2) is 14.8 Å². The van der Waals surface area contributed by atoms with E-state index in [0.717, 1.165) is 18.5 Å². The smallest absolute Gasteiger partial charge is 0.410 e. The average Bonchev–Trinajstić information content (AvgIpc) is 3.69. The van der Waals surface area contributed by atoms with Gasteiger partial charge in [0.1, 0.15) is 11.6 Å². The zero-order valence-corrected chi connectivity index (χ0v) is 22.9. The number of amides is 2. The van der Waals surface area contributed by atoms with Gasteiger partial charge in [0.2, 0.25) is 17.7 Å². The highest BCUT2D eigenvalue weighted by molar-refractivity contribution is 5.85. The second-order valence-corrected chi connectivity index (χ2v) is 10.1. The monoisotopic (exact) mass is 523 g/mol. The number of methoxy groups -OCH3 is 1. The third-order valence-electron chi connectivity index (χ3n) is 5.55. The van der Waals surface area contributed by atoms with Gasteiger partial charge >= 0.3 is 6.09 Å². The molecular weight excluding hydrogens is 486 g/mol. The van der Waals surface area contributed by atoms with E-state index in [0.29, 0.717) is 48.6 Å². The van der Waals surface area contributed by atoms with Crippen molar-refractivity contribution in [2.24, 2.45) is 0 Å². The Morgan fingerprint density at radius 1 is 1.21 bits per heavy atom. The van der Waals surface area contributed by atoms with E-state index in [1.807, 2.05) is 6.07 Å². The highest BCUT2D eigenvalue weighted by atomic mass is 16.6. The van der Waals surface area contributed by atoms with Crippen LogP contribution in [0.4, 0.5) is 22.2 Å². The summed E-state index contributed by atoms with van der Waals surface area (Å²) in [5.74, 6) is 7.65. The van der Waals surface area contributed by atoms with Crippen molar-refractivity contribution in [3.63, 3.8) is 0 Å². The molecule has 0 aromatic carbocycles. The molecule has 1 aliphatic rings. The standard InChI is InChI=1S/C27H37N7O4/c1-18(34(5)26(36)38-27(2,3)4)24(35)28-15-9-7-8-10-19-16-30-25(32-20-11-12-20)33-23(19)31-21-13-14-22(37-6)29-17-21/h13-14,16-18,20H,7,9,11-12,15H2,1-6H3,(H,28,35)(H2,30,31,32,33)/t18-/m0/s1. The number of hydrogen-bond acceptors (Lipinski definition) is 9. The van der Waals surface area contributed by atoms with E-state index in [1.165, 1.54) is 4.90 Å². The zero-order valence-electron chi connectivity index (χ0n) is 22.9. The van der Waals surface area contributed by atoms with Crippen LogP contribution in [0.1, 0.15) is 58.9 Å². The molecule has 0 unspecified atom stereocenters. The third kappa shape index (κ3) is 9.10. The summed E-state index contributed by atoms with van der Waals surface area (Å²) in [4.78, 5) is 39.1. The molecule has 2 amide bonds. The topological polar surface area (TPSA) is 131 Å². The molecule has 3 rings (SSSR count). The van der Waals surface area contributed by atoms with E-state index >= 15 is 0 Å². The Morgan fingerprint density at radius 2 is 1.97 bits per heavy atom. The van der Waals surface area contributed by atoms with Crippen molar-refractivity contribution in [1.82, 2.24) is 25.2 Å². The van der Waals surface area contributed by atoms with Crippen LogP contribution < -0.4 is 20.7 Å². The maximum absolute atomic E-state index is 12.4. The third-order valence-corrected chi connectivity index (χ3v) is 5.55. The Hall–Kier alpha value is -4.07. The maximum atomic E-state index is 12.4. The largest absolute Gasteiger partial charge is 0.481 e. The molecule has 0 aliphatic heterocycles. The first-order valence-corrected chi connectivity index (χ1v) is 12.7. The van der Waals surface area contributed by atoms with Gasteiger partial charge in [0.15, 0.2) is 5.82 Å². The Morgan fingerprint density at radius 3 is 2.61 bits per heavy atom. The number of pyridine rings is 1. The van der Waals surface area contributed by atoms with Crippen LogP contribution in [0.25, 0.3) is 0 Å². The molecule has 0 radical (unpaired) electrons. The van der Waals surface area contributed by atoms with Gasteiger partial charge < -0.3 is 25.4 Å². The molecule has 1 aliphatic carbocycles. The second-order valence-electron chi connectivity index (χ2n) is 10.1. The normalized spacial score (nSPS) is 13.4. The SMILES string of the molecule is COc1ccc(Nc2nc(NC3CC3)ncc2C#CCCCNC(=O)[C@H](C)N(C)C(=O)OC(C)(C)C)cn1. The number of aromatic nitrogens is 3. The summed E-state index contributed by atoms with van der Waals surface area (Å²) in [7, 11) is 3.11. The van der Waals surface area contributed by atoms with Gasteiger partial charge in [-0.1, -0.05) is 11.8 Å². The van der Waals surface area contributed by atoms with Gasteiger partial charge in [-0.2, -0.15) is 4.98 Å². The van der Waals surface area contributed by atoms with E-state index in [9.17, 15) is 9.59 Å². The summed E-state index contributed by atoms with van der Waals surface area (Å²) in [6.45, 7) is 7.44. The number of carbonyl (C=O) groups excluding carboxylic acids is 2. The van der Waals surface area contributed by atoms with Crippen molar-refractivity contribution in [2.75, 3.05) is 31.3 Å². The molecule has 11 heteroatoms. The lowest BCUT2D eigenvalue weighted by molar-refractivity contribution is -0.125. The van der Waals surface area contributed by atoms with Crippen LogP contribution >= 0.6 is 0 Å². The fourth-order valence-corrected chi connectivity index (χ4v) is 3.12. The predicted octanol–water partition coefficient (Wildman–Crippen LogP) is 3.70. The molecule has 3 N–H and O–H groups in total. The fraction of sp³-hybridized carbons (Fsp3) is 0.519. The summed E-state index contributed by atoms with van der Waals surface area (Å²) < 4.78 is 10.4. The van der Waals surface area contributed by atoms with Crippen molar-refractivity contribution >= 4 is 29.5 Å². The Bertz CT molecular complexity index is 1160. The molecule has 2 aromatic rings. The Balaban J connectivity index is 1.54. The van der Waals surface area contributed by atoms with Crippen LogP contribution in [-0.4, -0.2) is 70.2 Å². The van der Waals surface area contributed by atoms with Gasteiger partial charge in [-0.3, -0.25) is 9.69 Å². The summed E-state index contributed by atoms with van der Waals surface area (Å²) in [6, 6.07) is 3.38. The van der Waals surface area contributed by atoms with Gasteiger partial charge in [-0.05, 0) is 53.0 Å². The van der Waals surface area contributed by atoms with E-state index in [2.05, 4.69) is 42.7 Å². The lowest BCUT2D eigenvalue weighted by atomic mass is 10.2. The van der Waals surface area contributed by atoms with Gasteiger partial charge in [0, 0.05) is 32.1 Å². The number of anilines is 3. The lowest BCUT2D eigenvalue weighted by Gasteiger charge is -2.28. The molecular formula is C27H37N7O4. The molecule has 38 heavy (non-hydrogen) atoms. The second kappa shape index (κ2) is 12.9. The highest BCUT2D eigenvalue weighted by Gasteiger charge is 2.26. The number of likely N-dealkylation sites (N-methyl/N-ethyl adjacent to an activating group) is 1. The fourth-order valence-electron chi connectivity index (χ4n) is 3.12. The lowest BCUT2D eigenvalue weighted by Crippen LogP contribution is -2.47. The van der Waals surface area contributed by atoms with Crippen LogP contribution in [0.3, 0.4) is 0 Å². The minimum absolute atomic E-state index is 0.252. The van der Waals surface area contributed by atoms with Crippen LogP contribution in [0.2, 0.25) is 0 Å². The van der Waals surface area contributed by atoms with Gasteiger partial charge in [0.25, 0.3) is 0 Å². The van der Waals surface area contributed by atoms with E-state index in [1.54, 1.807) is 60.3 Å². The van der Waals surface area contributed by atoms with Crippen molar-refractivity contribution in [1.29, 1.82) is 0 Å². The molecule has 0 bridgehead atoms. The summed E-state index contributed by atoms with van der Waals surface area (Å²) >= 11 is 0. The molecule has 0 saturated heterocycles. The molecule has 11 nitrogen and oxygen atoms in total. The van der Waals surface area contributed by atoms with Gasteiger partial charge in [0.05, 0.1) is 30.8 Å². The molecule has 1 atom stereocenters. The molecule has 0 spiro atoms. The van der Waals surface area contributed by atoms with Crippen LogP contribution in [0, 0.1) is 11.8 Å². The van der Waals surface area contributed by atoms with Crippen LogP contribution in [0.15, 0.2) is 24.5 Å². The number of nitrogens with zero attached hydrogens (tertiary/aromatic N) is 4. The minimum Gasteiger partial charge on any atom is -0.481 e. The van der Waals surface area contributed by atoms with Crippen molar-refractivity contribution in [2.45, 2.75) is 71.1 Å². The molecule has 204 valence electrons. The number of ether oxygens (including phenoxy) is 2. The van der Waals surface area contributed by atoms with Crippen molar-refractivity contribution < 1.29 is 19.1 Å². The van der Waals surface area contributed by atoms with Crippen LogP contribution in [-0.2, 0) is 9.53 Å². The van der Waals surface area contributed by atoms with E-state index < -0.39 is 17.7 Å². The Kier molecular flexibility index (Phi) is 9.71. The summed E-state index contributed by atoms with van der Waals surface area (Å²) in [5.41, 5.74) is 0.775. The quantitative estimate of drug-likeness (QED) is 0.315. The number of unbranched alkanes of at least 4 members (excludes halogenated alkanes) is 1. The molecule has 1 fully saturated rings. The van der Waals surface area contributed by atoms with Crippen LogP contribution in [0.5, 0.6) is 5.88 Å². The first-order valence-electron chi connectivity index (χ1n) is 12.7. The molecule has 2 aromatic heterocycles. The van der Waals surface area contributed by atoms with Crippen molar-refractivity contribution in [3.05, 3.63) is 30.1 Å². The Labute approximate surface area is 224 Å². The van der Waals surface area contributed by atoms with Crippen molar-refractivity contribution in [3.8, 4) is 17.7 Å². The number of hydrogen-bond donors (Lipinski definition) is 3. The molecule has 2 heterocycles. The van der Waals surface area contributed by atoms with Gasteiger partial charge in [-0.15, -0.1) is 0 Å². The minimum atomic E-state index is -0.656. The highest BCUT2D eigenvalue weighted by Crippen LogP contribution is 2.25. The van der Waals surface area contributed by atoms with E-state index in [-0.39, 0.29) is 5.91 Å². The first-order chi connectivity index (χ1) is 18.1. The zero-order chi connectivity index (χ0) is 27.7. The predicted molar refractivity (Wildman–Crippen MR) is 145 cm³/mol. The molecule has 1 saturated carbocycles. The van der Waals surface area contributed by atoms with E-state index in [4.69, 9.17) is 9.47 Å². The summed E-state index contributed by atoms with van der Waals surface area (Å²) in [6.07, 6.45) is 6.25. The maximum Gasteiger partial charge on any atom is 0.410 e. The average molecular weight is 524 g/mol. The first kappa shape index (κ1) is 28.5.